The van der Waals surface area contributed by atoms with Crippen LogP contribution in [0.5, 0.6) is 0 Å². The molecule has 0 aromatic heterocycles. The third-order valence-corrected chi connectivity index (χ3v) is 2.70. The summed E-state index contributed by atoms with van der Waals surface area (Å²) in [5.41, 5.74) is 0. The van der Waals surface area contributed by atoms with Crippen LogP contribution in [-0.4, -0.2) is 11.9 Å². The summed E-state index contributed by atoms with van der Waals surface area (Å²) in [5.74, 6) is -0.928. The Morgan fingerprint density at radius 3 is 2.80 bits per heavy atom. The van der Waals surface area contributed by atoms with E-state index in [1.165, 1.54) is 6.42 Å². The molecule has 0 aromatic rings. The van der Waals surface area contributed by atoms with Crippen molar-refractivity contribution in [3.05, 3.63) is 12.2 Å². The minimum absolute atomic E-state index is 0.0980. The summed E-state index contributed by atoms with van der Waals surface area (Å²) in [4.78, 5) is 22.1. The van der Waals surface area contributed by atoms with Gasteiger partial charge in [-0.15, -0.1) is 0 Å². The molecule has 0 bridgehead atoms. The maximum Gasteiger partial charge on any atom is 0.317 e. The van der Waals surface area contributed by atoms with Crippen LogP contribution in [0, 0.1) is 11.8 Å². The van der Waals surface area contributed by atoms with Crippen LogP contribution < -0.4 is 0 Å². The molecule has 1 fully saturated rings. The minimum Gasteiger partial charge on any atom is -0.393 e. The third kappa shape index (κ3) is 3.50. The predicted molar refractivity (Wildman–Crippen MR) is 57.0 cm³/mol. The molecule has 1 saturated heterocycles. The maximum atomic E-state index is 11.2. The van der Waals surface area contributed by atoms with Crippen molar-refractivity contribution in [2.75, 3.05) is 0 Å². The second-order valence-corrected chi connectivity index (χ2v) is 4.03. The summed E-state index contributed by atoms with van der Waals surface area (Å²) in [6, 6.07) is 0. The Morgan fingerprint density at radius 1 is 1.53 bits per heavy atom. The zero-order chi connectivity index (χ0) is 11.3. The molecule has 2 atom stereocenters. The van der Waals surface area contributed by atoms with Gasteiger partial charge in [0.05, 0.1) is 12.3 Å². The molecule has 0 radical (unpaired) electrons. The number of hydrogen-bond donors (Lipinski definition) is 0. The van der Waals surface area contributed by atoms with E-state index in [9.17, 15) is 9.59 Å². The molecular weight excluding hydrogens is 192 g/mol. The number of cyclic esters (lactones) is 2. The Labute approximate surface area is 90.5 Å². The summed E-state index contributed by atoms with van der Waals surface area (Å²) in [7, 11) is 0. The van der Waals surface area contributed by atoms with Crippen LogP contribution in [0.4, 0.5) is 0 Å². The standard InChI is InChI=1S/C12H18O3/c1-3-4-5-6-7-9(2)10-8-11(13)15-12(10)14/h6-7,9-10H,3-5,8H2,1-2H3. The van der Waals surface area contributed by atoms with Crippen molar-refractivity contribution in [3.63, 3.8) is 0 Å². The summed E-state index contributed by atoms with van der Waals surface area (Å²) in [5, 5.41) is 0. The van der Waals surface area contributed by atoms with E-state index in [4.69, 9.17) is 0 Å². The van der Waals surface area contributed by atoms with Crippen molar-refractivity contribution in [2.24, 2.45) is 11.8 Å². The number of hydrogen-bond acceptors (Lipinski definition) is 3. The van der Waals surface area contributed by atoms with Gasteiger partial charge in [-0.25, -0.2) is 0 Å². The third-order valence-electron chi connectivity index (χ3n) is 2.70. The van der Waals surface area contributed by atoms with Crippen molar-refractivity contribution in [1.82, 2.24) is 0 Å². The summed E-state index contributed by atoms with van der Waals surface area (Å²) in [6.07, 6.45) is 7.71. The molecule has 15 heavy (non-hydrogen) atoms. The van der Waals surface area contributed by atoms with Gasteiger partial charge in [-0.2, -0.15) is 0 Å². The second kappa shape index (κ2) is 5.69. The van der Waals surface area contributed by atoms with Gasteiger partial charge in [0.2, 0.25) is 0 Å². The molecule has 0 amide bonds. The van der Waals surface area contributed by atoms with Gasteiger partial charge in [0.25, 0.3) is 0 Å². The molecule has 0 N–H and O–H groups in total. The number of ether oxygens (including phenoxy) is 1. The van der Waals surface area contributed by atoms with E-state index in [1.54, 1.807) is 0 Å². The highest BCUT2D eigenvalue weighted by Gasteiger charge is 2.36. The minimum atomic E-state index is -0.390. The van der Waals surface area contributed by atoms with E-state index in [2.05, 4.69) is 17.7 Å². The average Bonchev–Trinajstić information content (AvgIpc) is 2.52. The van der Waals surface area contributed by atoms with E-state index >= 15 is 0 Å². The van der Waals surface area contributed by atoms with Crippen LogP contribution in [0.25, 0.3) is 0 Å². The summed E-state index contributed by atoms with van der Waals surface area (Å²) < 4.78 is 4.51. The normalized spacial score (nSPS) is 23.5. The van der Waals surface area contributed by atoms with Gasteiger partial charge in [0, 0.05) is 0 Å². The van der Waals surface area contributed by atoms with Gasteiger partial charge in [-0.05, 0) is 12.3 Å². The van der Waals surface area contributed by atoms with Gasteiger partial charge >= 0.3 is 11.9 Å². The van der Waals surface area contributed by atoms with Crippen LogP contribution in [0.15, 0.2) is 12.2 Å². The lowest BCUT2D eigenvalue weighted by atomic mass is 9.92. The van der Waals surface area contributed by atoms with E-state index in [-0.39, 0.29) is 30.2 Å². The topological polar surface area (TPSA) is 43.4 Å². The van der Waals surface area contributed by atoms with Gasteiger partial charge in [-0.3, -0.25) is 9.59 Å². The monoisotopic (exact) mass is 210 g/mol. The van der Waals surface area contributed by atoms with E-state index in [0.29, 0.717) is 0 Å². The first-order valence-electron chi connectivity index (χ1n) is 5.56. The summed E-state index contributed by atoms with van der Waals surface area (Å²) in [6.45, 7) is 4.09. The molecule has 1 aliphatic heterocycles. The Hall–Kier alpha value is -1.12. The Morgan fingerprint density at radius 2 is 2.27 bits per heavy atom. The zero-order valence-corrected chi connectivity index (χ0v) is 9.36. The lowest BCUT2D eigenvalue weighted by Gasteiger charge is -2.09. The fourth-order valence-corrected chi connectivity index (χ4v) is 1.66. The van der Waals surface area contributed by atoms with Crippen LogP contribution in [0.3, 0.4) is 0 Å². The molecule has 1 aliphatic rings. The largest absolute Gasteiger partial charge is 0.393 e. The van der Waals surface area contributed by atoms with Gasteiger partial charge in [0.15, 0.2) is 0 Å². The number of carbonyl (C=O) groups excluding carboxylic acids is 2. The van der Waals surface area contributed by atoms with Crippen molar-refractivity contribution >= 4 is 11.9 Å². The maximum absolute atomic E-state index is 11.2. The first kappa shape index (κ1) is 12.0. The van der Waals surface area contributed by atoms with Gasteiger partial charge in [0.1, 0.15) is 0 Å². The zero-order valence-electron chi connectivity index (χ0n) is 9.36. The number of rotatable bonds is 5. The molecule has 3 nitrogen and oxygen atoms in total. The smallest absolute Gasteiger partial charge is 0.317 e. The van der Waals surface area contributed by atoms with Gasteiger partial charge in [-0.1, -0.05) is 38.8 Å². The van der Waals surface area contributed by atoms with E-state index < -0.39 is 0 Å². The summed E-state index contributed by atoms with van der Waals surface area (Å²) >= 11 is 0. The molecule has 0 aliphatic carbocycles. The molecule has 84 valence electrons. The molecule has 0 spiro atoms. The highest BCUT2D eigenvalue weighted by molar-refractivity contribution is 5.94. The lowest BCUT2D eigenvalue weighted by Crippen LogP contribution is -2.14. The molecular formula is C12H18O3. The number of esters is 2. The number of unbranched alkanes of at least 4 members (excludes halogenated alkanes) is 2. The van der Waals surface area contributed by atoms with E-state index in [1.807, 2.05) is 13.0 Å². The molecule has 0 saturated carbocycles. The first-order valence-corrected chi connectivity index (χ1v) is 5.56. The molecule has 1 rings (SSSR count). The Bertz CT molecular complexity index is 268. The second-order valence-electron chi connectivity index (χ2n) is 4.03. The van der Waals surface area contributed by atoms with Crippen LogP contribution in [0.1, 0.15) is 39.5 Å². The van der Waals surface area contributed by atoms with Crippen LogP contribution in [0.2, 0.25) is 0 Å². The lowest BCUT2D eigenvalue weighted by molar-refractivity contribution is -0.153. The average molecular weight is 210 g/mol. The quantitative estimate of drug-likeness (QED) is 0.303. The highest BCUT2D eigenvalue weighted by atomic mass is 16.6. The van der Waals surface area contributed by atoms with Gasteiger partial charge < -0.3 is 4.74 Å². The number of carbonyl (C=O) groups is 2. The molecule has 3 heteroatoms. The van der Waals surface area contributed by atoms with Crippen molar-refractivity contribution in [3.8, 4) is 0 Å². The number of allylic oxidation sites excluding steroid dienone is 2. The fourth-order valence-electron chi connectivity index (χ4n) is 1.66. The SMILES string of the molecule is CCCCC=CC(C)C1CC(=O)OC1=O. The Kier molecular flexibility index (Phi) is 4.53. The highest BCUT2D eigenvalue weighted by Crippen LogP contribution is 2.25. The Balaban J connectivity index is 2.39. The fraction of sp³-hybridized carbons (Fsp3) is 0.667. The van der Waals surface area contributed by atoms with Crippen LogP contribution in [-0.2, 0) is 14.3 Å². The molecule has 1 heterocycles. The predicted octanol–water partition coefficient (Wildman–Crippen LogP) is 2.46. The molecule has 2 unspecified atom stereocenters. The van der Waals surface area contributed by atoms with Crippen molar-refractivity contribution in [1.29, 1.82) is 0 Å². The van der Waals surface area contributed by atoms with Crippen molar-refractivity contribution < 1.29 is 14.3 Å². The molecule has 0 aromatic carbocycles. The van der Waals surface area contributed by atoms with Crippen molar-refractivity contribution in [2.45, 2.75) is 39.5 Å². The first-order chi connectivity index (χ1) is 7.15. The van der Waals surface area contributed by atoms with E-state index in [0.717, 1.165) is 12.8 Å². The van der Waals surface area contributed by atoms with Crippen LogP contribution >= 0.6 is 0 Å².